The van der Waals surface area contributed by atoms with E-state index in [0.717, 1.165) is 4.57 Å². The van der Waals surface area contributed by atoms with E-state index in [4.69, 9.17) is 5.11 Å². The van der Waals surface area contributed by atoms with Crippen LogP contribution < -0.4 is 5.56 Å². The molecule has 6 nitrogen and oxygen atoms in total. The fraction of sp³-hybridized carbons (Fsp3) is 0.417. The molecule has 0 aliphatic heterocycles. The van der Waals surface area contributed by atoms with Gasteiger partial charge < -0.3 is 9.84 Å². The highest BCUT2D eigenvalue weighted by Crippen LogP contribution is 2.15. The van der Waals surface area contributed by atoms with Gasteiger partial charge in [-0.05, 0) is 26.3 Å². The standard InChI is InChI=1S/C12H15NO5/c1-6-5-9(14)13(8(3)12(17)18-4)7(2)10(6)11(15)16/h5,8H,1-4H3,(H,15,16). The molecule has 1 N–H and O–H groups in total. The second kappa shape index (κ2) is 5.03. The second-order valence-corrected chi connectivity index (χ2v) is 4.00. The molecule has 1 atom stereocenters. The molecule has 0 radical (unpaired) electrons. The fourth-order valence-corrected chi connectivity index (χ4v) is 1.98. The highest BCUT2D eigenvalue weighted by atomic mass is 16.5. The van der Waals surface area contributed by atoms with Gasteiger partial charge in [0, 0.05) is 11.8 Å². The van der Waals surface area contributed by atoms with Crippen LogP contribution in [0.25, 0.3) is 0 Å². The number of ether oxygens (including phenoxy) is 1. The van der Waals surface area contributed by atoms with Gasteiger partial charge in [0.2, 0.25) is 0 Å². The number of esters is 1. The van der Waals surface area contributed by atoms with Crippen LogP contribution in [0.4, 0.5) is 0 Å². The first-order valence-electron chi connectivity index (χ1n) is 5.35. The molecule has 0 saturated heterocycles. The van der Waals surface area contributed by atoms with Gasteiger partial charge in [0.25, 0.3) is 5.56 Å². The Hall–Kier alpha value is -2.11. The number of carboxylic acids is 1. The van der Waals surface area contributed by atoms with Gasteiger partial charge in [-0.15, -0.1) is 0 Å². The average Bonchev–Trinajstić information content (AvgIpc) is 2.26. The molecular formula is C12H15NO5. The van der Waals surface area contributed by atoms with E-state index in [1.165, 1.54) is 27.0 Å². The maximum atomic E-state index is 11.9. The first kappa shape index (κ1) is 14.0. The summed E-state index contributed by atoms with van der Waals surface area (Å²) in [6.45, 7) is 4.53. The number of hydrogen-bond acceptors (Lipinski definition) is 4. The molecule has 1 aromatic heterocycles. The van der Waals surface area contributed by atoms with Crippen LogP contribution in [0.3, 0.4) is 0 Å². The molecule has 1 aromatic rings. The number of aromatic carboxylic acids is 1. The van der Waals surface area contributed by atoms with E-state index in [9.17, 15) is 14.4 Å². The van der Waals surface area contributed by atoms with Crippen molar-refractivity contribution in [2.24, 2.45) is 0 Å². The average molecular weight is 253 g/mol. The Kier molecular flexibility index (Phi) is 3.90. The quantitative estimate of drug-likeness (QED) is 0.809. The molecular weight excluding hydrogens is 238 g/mol. The molecule has 18 heavy (non-hydrogen) atoms. The number of pyridine rings is 1. The molecule has 1 rings (SSSR count). The number of carboxylic acid groups (broad SMARTS) is 1. The minimum absolute atomic E-state index is 0.0327. The zero-order valence-electron chi connectivity index (χ0n) is 10.7. The normalized spacial score (nSPS) is 12.0. The summed E-state index contributed by atoms with van der Waals surface area (Å²) in [7, 11) is 1.21. The van der Waals surface area contributed by atoms with Crippen LogP contribution in [0.2, 0.25) is 0 Å². The molecule has 6 heteroatoms. The molecule has 0 amide bonds. The summed E-state index contributed by atoms with van der Waals surface area (Å²) in [5.41, 5.74) is 0.224. The van der Waals surface area contributed by atoms with Gasteiger partial charge in [-0.1, -0.05) is 0 Å². The van der Waals surface area contributed by atoms with Crippen LogP contribution in [0, 0.1) is 13.8 Å². The number of methoxy groups -OCH3 is 1. The summed E-state index contributed by atoms with van der Waals surface area (Å²) in [6.07, 6.45) is 0. The maximum absolute atomic E-state index is 11.9. The van der Waals surface area contributed by atoms with E-state index in [1.807, 2.05) is 0 Å². The summed E-state index contributed by atoms with van der Waals surface area (Å²) in [5, 5.41) is 9.11. The van der Waals surface area contributed by atoms with Crippen molar-refractivity contribution in [3.05, 3.63) is 33.2 Å². The van der Waals surface area contributed by atoms with Crippen LogP contribution in [0.1, 0.15) is 34.6 Å². The Morgan fingerprint density at radius 2 is 1.94 bits per heavy atom. The Bertz CT molecular complexity index is 558. The molecule has 1 heterocycles. The van der Waals surface area contributed by atoms with Gasteiger partial charge >= 0.3 is 11.9 Å². The van der Waals surface area contributed by atoms with Crippen molar-refractivity contribution in [3.63, 3.8) is 0 Å². The Morgan fingerprint density at radius 1 is 1.39 bits per heavy atom. The number of nitrogens with zero attached hydrogens (tertiary/aromatic N) is 1. The summed E-state index contributed by atoms with van der Waals surface area (Å²) in [5.74, 6) is -1.73. The molecule has 0 fully saturated rings. The maximum Gasteiger partial charge on any atom is 0.337 e. The fourth-order valence-electron chi connectivity index (χ4n) is 1.98. The number of carbonyl (C=O) groups is 2. The smallest absolute Gasteiger partial charge is 0.337 e. The molecule has 1 unspecified atom stereocenters. The van der Waals surface area contributed by atoms with Gasteiger partial charge in [0.1, 0.15) is 6.04 Å². The SMILES string of the molecule is COC(=O)C(C)n1c(C)c(C(=O)O)c(C)cc1=O. The molecule has 0 saturated carbocycles. The second-order valence-electron chi connectivity index (χ2n) is 4.00. The van der Waals surface area contributed by atoms with Gasteiger partial charge in [0.05, 0.1) is 12.7 Å². The summed E-state index contributed by atoms with van der Waals surface area (Å²) in [4.78, 5) is 34.4. The largest absolute Gasteiger partial charge is 0.478 e. The molecule has 0 bridgehead atoms. The molecule has 0 aliphatic rings. The lowest BCUT2D eigenvalue weighted by Crippen LogP contribution is -2.32. The highest BCUT2D eigenvalue weighted by Gasteiger charge is 2.23. The minimum Gasteiger partial charge on any atom is -0.478 e. The zero-order chi connectivity index (χ0) is 14.0. The van der Waals surface area contributed by atoms with Crippen LogP contribution in [-0.2, 0) is 9.53 Å². The van der Waals surface area contributed by atoms with Crippen molar-refractivity contribution in [2.45, 2.75) is 26.8 Å². The first-order chi connectivity index (χ1) is 8.31. The van der Waals surface area contributed by atoms with E-state index in [-0.39, 0.29) is 11.3 Å². The Labute approximate surface area is 104 Å². The summed E-state index contributed by atoms with van der Waals surface area (Å²) in [6, 6.07) is 0.344. The predicted molar refractivity (Wildman–Crippen MR) is 63.9 cm³/mol. The van der Waals surface area contributed by atoms with Crippen molar-refractivity contribution in [1.82, 2.24) is 4.57 Å². The van der Waals surface area contributed by atoms with Crippen molar-refractivity contribution >= 4 is 11.9 Å². The van der Waals surface area contributed by atoms with Gasteiger partial charge in [0.15, 0.2) is 0 Å². The van der Waals surface area contributed by atoms with E-state index in [1.54, 1.807) is 6.92 Å². The van der Waals surface area contributed by atoms with Crippen LogP contribution in [0.15, 0.2) is 10.9 Å². The number of rotatable bonds is 3. The molecule has 0 aliphatic carbocycles. The number of carbonyl (C=O) groups excluding carboxylic acids is 1. The first-order valence-corrected chi connectivity index (χ1v) is 5.35. The van der Waals surface area contributed by atoms with E-state index < -0.39 is 23.5 Å². The lowest BCUT2D eigenvalue weighted by molar-refractivity contribution is -0.144. The third kappa shape index (κ3) is 2.27. The topological polar surface area (TPSA) is 85.6 Å². The van der Waals surface area contributed by atoms with Crippen LogP contribution in [0.5, 0.6) is 0 Å². The highest BCUT2D eigenvalue weighted by molar-refractivity contribution is 5.90. The number of aromatic nitrogens is 1. The van der Waals surface area contributed by atoms with E-state index in [0.29, 0.717) is 5.56 Å². The number of aryl methyl sites for hydroxylation is 1. The van der Waals surface area contributed by atoms with E-state index >= 15 is 0 Å². The lowest BCUT2D eigenvalue weighted by atomic mass is 10.1. The van der Waals surface area contributed by atoms with Gasteiger partial charge in [-0.25, -0.2) is 9.59 Å². The van der Waals surface area contributed by atoms with Crippen molar-refractivity contribution < 1.29 is 19.4 Å². The lowest BCUT2D eigenvalue weighted by Gasteiger charge is -2.18. The third-order valence-corrected chi connectivity index (χ3v) is 2.84. The molecule has 0 spiro atoms. The Balaban J connectivity index is 3.55. The Morgan fingerprint density at radius 3 is 2.39 bits per heavy atom. The van der Waals surface area contributed by atoms with Gasteiger partial charge in [-0.3, -0.25) is 9.36 Å². The zero-order valence-corrected chi connectivity index (χ0v) is 10.7. The number of hydrogen-bond donors (Lipinski definition) is 1. The van der Waals surface area contributed by atoms with Crippen LogP contribution in [-0.4, -0.2) is 28.7 Å². The van der Waals surface area contributed by atoms with Crippen molar-refractivity contribution in [1.29, 1.82) is 0 Å². The molecule has 98 valence electrons. The summed E-state index contributed by atoms with van der Waals surface area (Å²) < 4.78 is 5.69. The third-order valence-electron chi connectivity index (χ3n) is 2.84. The van der Waals surface area contributed by atoms with Crippen molar-refractivity contribution in [3.8, 4) is 0 Å². The summed E-state index contributed by atoms with van der Waals surface area (Å²) >= 11 is 0. The predicted octanol–water partition coefficient (Wildman–Crippen LogP) is 0.897. The van der Waals surface area contributed by atoms with Crippen LogP contribution >= 0.6 is 0 Å². The minimum atomic E-state index is -1.13. The molecule has 0 aromatic carbocycles. The van der Waals surface area contributed by atoms with E-state index in [2.05, 4.69) is 4.74 Å². The van der Waals surface area contributed by atoms with Gasteiger partial charge in [-0.2, -0.15) is 0 Å². The van der Waals surface area contributed by atoms with Crippen molar-refractivity contribution in [2.75, 3.05) is 7.11 Å². The monoisotopic (exact) mass is 253 g/mol.